The average molecular weight is 404 g/mol. The summed E-state index contributed by atoms with van der Waals surface area (Å²) >= 11 is 6.44. The molecular weight excluding hydrogens is 386 g/mol. The standard InChI is InChI=1S/C28H18ClN/c29-20-15-16-24-23(17-20)27-25(18-9-3-1-4-10-18)21-13-7-8-14-22(21)26(28(27)30-24)19-11-5-2-6-12-19/h1-17,30H. The minimum Gasteiger partial charge on any atom is -0.354 e. The summed E-state index contributed by atoms with van der Waals surface area (Å²) < 4.78 is 0. The SMILES string of the molecule is Clc1ccc2[nH]c3c(-c4ccccc4)c4ccccc4c(-c4ccccc4)c3c2c1. The molecule has 0 amide bonds. The number of aromatic nitrogens is 1. The number of hydrogen-bond donors (Lipinski definition) is 1. The van der Waals surface area contributed by atoms with Crippen LogP contribution in [0.2, 0.25) is 5.02 Å². The van der Waals surface area contributed by atoms with Crippen molar-refractivity contribution in [2.75, 3.05) is 0 Å². The highest BCUT2D eigenvalue weighted by molar-refractivity contribution is 6.33. The van der Waals surface area contributed by atoms with Crippen LogP contribution >= 0.6 is 11.6 Å². The average Bonchev–Trinajstić information content (AvgIpc) is 3.16. The quantitative estimate of drug-likeness (QED) is 0.298. The van der Waals surface area contributed by atoms with Crippen molar-refractivity contribution in [1.82, 2.24) is 4.98 Å². The third-order valence-corrected chi connectivity index (χ3v) is 6.09. The van der Waals surface area contributed by atoms with E-state index in [1.54, 1.807) is 0 Å². The molecule has 6 aromatic rings. The van der Waals surface area contributed by atoms with Crippen LogP contribution < -0.4 is 0 Å². The zero-order valence-electron chi connectivity index (χ0n) is 16.2. The van der Waals surface area contributed by atoms with Gasteiger partial charge in [-0.05, 0) is 45.7 Å². The molecule has 1 aromatic heterocycles. The molecule has 0 atom stereocenters. The Bertz CT molecular complexity index is 1530. The zero-order chi connectivity index (χ0) is 20.1. The first-order valence-electron chi connectivity index (χ1n) is 10.1. The maximum absolute atomic E-state index is 6.44. The minimum atomic E-state index is 0.747. The molecule has 0 aliphatic rings. The van der Waals surface area contributed by atoms with Crippen LogP contribution in [0, 0.1) is 0 Å². The van der Waals surface area contributed by atoms with Gasteiger partial charge in [-0.1, -0.05) is 96.5 Å². The molecule has 1 nitrogen and oxygen atoms in total. The second kappa shape index (κ2) is 6.76. The summed E-state index contributed by atoms with van der Waals surface area (Å²) in [7, 11) is 0. The van der Waals surface area contributed by atoms with Gasteiger partial charge in [0.05, 0.1) is 5.52 Å². The molecule has 1 heterocycles. The third kappa shape index (κ3) is 2.56. The first-order valence-corrected chi connectivity index (χ1v) is 10.5. The van der Waals surface area contributed by atoms with Crippen LogP contribution in [-0.2, 0) is 0 Å². The largest absolute Gasteiger partial charge is 0.354 e. The van der Waals surface area contributed by atoms with Gasteiger partial charge in [-0.25, -0.2) is 0 Å². The second-order valence-corrected chi connectivity index (χ2v) is 8.03. The van der Waals surface area contributed by atoms with Crippen LogP contribution in [-0.4, -0.2) is 4.98 Å². The summed E-state index contributed by atoms with van der Waals surface area (Å²) in [4.78, 5) is 3.72. The second-order valence-electron chi connectivity index (χ2n) is 7.59. The van der Waals surface area contributed by atoms with Gasteiger partial charge in [0.15, 0.2) is 0 Å². The van der Waals surface area contributed by atoms with E-state index in [-0.39, 0.29) is 0 Å². The molecule has 0 aliphatic carbocycles. The Morgan fingerprint density at radius 3 is 1.77 bits per heavy atom. The Kier molecular flexibility index (Phi) is 3.90. The van der Waals surface area contributed by atoms with Gasteiger partial charge in [0.2, 0.25) is 0 Å². The topological polar surface area (TPSA) is 15.8 Å². The fourth-order valence-electron chi connectivity index (χ4n) is 4.61. The molecular formula is C28H18ClN. The number of halogens is 1. The fourth-order valence-corrected chi connectivity index (χ4v) is 4.78. The molecule has 0 unspecified atom stereocenters. The van der Waals surface area contributed by atoms with E-state index in [4.69, 9.17) is 11.6 Å². The molecule has 2 heteroatoms. The zero-order valence-corrected chi connectivity index (χ0v) is 16.9. The summed E-state index contributed by atoms with van der Waals surface area (Å²) in [6.45, 7) is 0. The predicted molar refractivity (Wildman–Crippen MR) is 129 cm³/mol. The number of aromatic amines is 1. The highest BCUT2D eigenvalue weighted by Gasteiger charge is 2.20. The maximum atomic E-state index is 6.44. The first kappa shape index (κ1) is 17.3. The summed E-state index contributed by atoms with van der Waals surface area (Å²) in [5.74, 6) is 0. The number of H-pyrrole nitrogens is 1. The Morgan fingerprint density at radius 1 is 0.533 bits per heavy atom. The van der Waals surface area contributed by atoms with Crippen molar-refractivity contribution in [2.24, 2.45) is 0 Å². The van der Waals surface area contributed by atoms with E-state index >= 15 is 0 Å². The van der Waals surface area contributed by atoms with Crippen molar-refractivity contribution in [3.05, 3.63) is 108 Å². The lowest BCUT2D eigenvalue weighted by molar-refractivity contribution is 1.54. The van der Waals surface area contributed by atoms with Crippen molar-refractivity contribution in [3.8, 4) is 22.3 Å². The smallest absolute Gasteiger partial charge is 0.0557 e. The Balaban J connectivity index is 1.93. The third-order valence-electron chi connectivity index (χ3n) is 5.85. The van der Waals surface area contributed by atoms with Crippen molar-refractivity contribution in [3.63, 3.8) is 0 Å². The van der Waals surface area contributed by atoms with E-state index in [1.807, 2.05) is 6.07 Å². The summed E-state index contributed by atoms with van der Waals surface area (Å²) in [5, 5.41) is 5.61. The van der Waals surface area contributed by atoms with Gasteiger partial charge >= 0.3 is 0 Å². The molecule has 6 rings (SSSR count). The van der Waals surface area contributed by atoms with Crippen LogP contribution in [0.25, 0.3) is 54.8 Å². The molecule has 1 N–H and O–H groups in total. The predicted octanol–water partition coefficient (Wildman–Crippen LogP) is 8.46. The van der Waals surface area contributed by atoms with E-state index < -0.39 is 0 Å². The van der Waals surface area contributed by atoms with Crippen LogP contribution in [0.3, 0.4) is 0 Å². The Hall–Kier alpha value is -3.55. The molecule has 0 radical (unpaired) electrons. The van der Waals surface area contributed by atoms with E-state index in [9.17, 15) is 0 Å². The lowest BCUT2D eigenvalue weighted by atomic mass is 9.88. The number of hydrogen-bond acceptors (Lipinski definition) is 0. The van der Waals surface area contributed by atoms with E-state index in [0.717, 1.165) is 21.4 Å². The highest BCUT2D eigenvalue weighted by Crippen LogP contribution is 2.46. The summed E-state index contributed by atoms with van der Waals surface area (Å²) in [6, 6.07) is 36.1. The number of rotatable bonds is 2. The van der Waals surface area contributed by atoms with E-state index in [2.05, 4.69) is 102 Å². The molecule has 0 saturated carbocycles. The van der Waals surface area contributed by atoms with Crippen molar-refractivity contribution in [1.29, 1.82) is 0 Å². The van der Waals surface area contributed by atoms with Crippen LogP contribution in [0.15, 0.2) is 103 Å². The number of fused-ring (bicyclic) bond motifs is 4. The minimum absolute atomic E-state index is 0.747. The molecule has 5 aromatic carbocycles. The van der Waals surface area contributed by atoms with Gasteiger partial charge in [-0.15, -0.1) is 0 Å². The summed E-state index contributed by atoms with van der Waals surface area (Å²) in [5.41, 5.74) is 7.13. The van der Waals surface area contributed by atoms with Gasteiger partial charge < -0.3 is 4.98 Å². The number of nitrogens with one attached hydrogen (secondary N) is 1. The van der Waals surface area contributed by atoms with Crippen molar-refractivity contribution in [2.45, 2.75) is 0 Å². The number of benzene rings is 5. The van der Waals surface area contributed by atoms with Crippen LogP contribution in [0.1, 0.15) is 0 Å². The normalized spacial score (nSPS) is 11.5. The Labute approximate surface area is 179 Å². The summed E-state index contributed by atoms with van der Waals surface area (Å²) in [6.07, 6.45) is 0. The molecule has 0 fully saturated rings. The van der Waals surface area contributed by atoms with Gasteiger partial charge in [0.25, 0.3) is 0 Å². The molecule has 0 bridgehead atoms. The van der Waals surface area contributed by atoms with Gasteiger partial charge in [-0.3, -0.25) is 0 Å². The monoisotopic (exact) mass is 403 g/mol. The molecule has 0 spiro atoms. The van der Waals surface area contributed by atoms with Gasteiger partial charge in [-0.2, -0.15) is 0 Å². The van der Waals surface area contributed by atoms with E-state index in [0.29, 0.717) is 0 Å². The molecule has 142 valence electrons. The van der Waals surface area contributed by atoms with Crippen molar-refractivity contribution >= 4 is 44.2 Å². The highest BCUT2D eigenvalue weighted by atomic mass is 35.5. The van der Waals surface area contributed by atoms with Crippen LogP contribution in [0.4, 0.5) is 0 Å². The molecule has 0 saturated heterocycles. The Morgan fingerprint density at radius 2 is 1.10 bits per heavy atom. The van der Waals surface area contributed by atoms with Gasteiger partial charge in [0.1, 0.15) is 0 Å². The van der Waals surface area contributed by atoms with Crippen molar-refractivity contribution < 1.29 is 0 Å². The maximum Gasteiger partial charge on any atom is 0.0557 e. The van der Waals surface area contributed by atoms with Gasteiger partial charge in [0, 0.05) is 26.9 Å². The molecule has 30 heavy (non-hydrogen) atoms. The van der Waals surface area contributed by atoms with E-state index in [1.165, 1.54) is 38.4 Å². The van der Waals surface area contributed by atoms with Crippen LogP contribution in [0.5, 0.6) is 0 Å². The lowest BCUT2D eigenvalue weighted by Gasteiger charge is -2.15. The lowest BCUT2D eigenvalue weighted by Crippen LogP contribution is -1.89. The first-order chi connectivity index (χ1) is 14.8. The molecule has 0 aliphatic heterocycles. The fraction of sp³-hybridized carbons (Fsp3) is 0.